The van der Waals surface area contributed by atoms with Crippen LogP contribution >= 0.6 is 24.0 Å². The van der Waals surface area contributed by atoms with E-state index in [-0.39, 0.29) is 30.0 Å². The molecule has 1 aliphatic rings. The summed E-state index contributed by atoms with van der Waals surface area (Å²) in [5.74, 6) is 1.66. The first-order valence-electron chi connectivity index (χ1n) is 11.2. The average molecular weight is 553 g/mol. The molecule has 1 atom stereocenters. The van der Waals surface area contributed by atoms with Gasteiger partial charge in [0.05, 0.1) is 12.6 Å². The number of methoxy groups -OCH3 is 1. The Morgan fingerprint density at radius 1 is 1.09 bits per heavy atom. The van der Waals surface area contributed by atoms with Crippen LogP contribution in [-0.4, -0.2) is 46.4 Å². The number of halogens is 1. The number of guanidine groups is 1. The summed E-state index contributed by atoms with van der Waals surface area (Å²) < 4.78 is 10.9. The summed E-state index contributed by atoms with van der Waals surface area (Å²) >= 11 is 0. The van der Waals surface area contributed by atoms with Crippen molar-refractivity contribution in [1.82, 2.24) is 10.6 Å². The van der Waals surface area contributed by atoms with Gasteiger partial charge in [-0.25, -0.2) is 0 Å². The highest BCUT2D eigenvalue weighted by Crippen LogP contribution is 2.24. The lowest BCUT2D eigenvalue weighted by molar-refractivity contribution is 0.172. The van der Waals surface area contributed by atoms with E-state index in [1.54, 1.807) is 14.2 Å². The third-order valence-corrected chi connectivity index (χ3v) is 5.54. The zero-order valence-corrected chi connectivity index (χ0v) is 21.8. The summed E-state index contributed by atoms with van der Waals surface area (Å²) in [6.45, 7) is 6.53. The molecule has 0 aromatic heterocycles. The van der Waals surface area contributed by atoms with Gasteiger partial charge in [0, 0.05) is 52.5 Å². The molecule has 0 radical (unpaired) electrons. The van der Waals surface area contributed by atoms with Crippen LogP contribution in [0.4, 0.5) is 5.69 Å². The first kappa shape index (κ1) is 26.3. The molecule has 0 saturated carbocycles. The van der Waals surface area contributed by atoms with Crippen molar-refractivity contribution in [3.8, 4) is 5.75 Å². The molecule has 1 heterocycles. The van der Waals surface area contributed by atoms with Gasteiger partial charge in [0.15, 0.2) is 5.96 Å². The standard InChI is InChI=1S/C25H36N4O2.HI/c1-20(22-10-7-11-23(18-22)29-13-4-5-14-29)28-25(26-2)27-19-21-9-6-12-24(17-21)31-16-8-15-30-3;/h6-7,9-12,17-18,20H,4-5,8,13-16,19H2,1-3H3,(H2,26,27,28);1H. The Labute approximate surface area is 209 Å². The van der Waals surface area contributed by atoms with E-state index in [1.165, 1.54) is 24.1 Å². The van der Waals surface area contributed by atoms with Crippen molar-refractivity contribution in [3.63, 3.8) is 0 Å². The Hall–Kier alpha value is -2.00. The Balaban J connectivity index is 0.00000363. The zero-order valence-electron chi connectivity index (χ0n) is 19.5. The van der Waals surface area contributed by atoms with Crippen LogP contribution in [0.2, 0.25) is 0 Å². The van der Waals surface area contributed by atoms with Gasteiger partial charge in [0.2, 0.25) is 0 Å². The van der Waals surface area contributed by atoms with Crippen molar-refractivity contribution in [3.05, 3.63) is 59.7 Å². The fourth-order valence-electron chi connectivity index (χ4n) is 3.77. The van der Waals surface area contributed by atoms with Crippen molar-refractivity contribution >= 4 is 35.6 Å². The number of benzene rings is 2. The number of ether oxygens (including phenoxy) is 2. The summed E-state index contributed by atoms with van der Waals surface area (Å²) in [4.78, 5) is 6.87. The minimum Gasteiger partial charge on any atom is -0.493 e. The van der Waals surface area contributed by atoms with E-state index in [2.05, 4.69) is 63.8 Å². The molecule has 7 heteroatoms. The molecule has 0 spiro atoms. The highest BCUT2D eigenvalue weighted by molar-refractivity contribution is 14.0. The molecule has 3 rings (SSSR count). The van der Waals surface area contributed by atoms with Crippen LogP contribution in [0.1, 0.15) is 43.4 Å². The maximum Gasteiger partial charge on any atom is 0.191 e. The molecule has 1 fully saturated rings. The smallest absolute Gasteiger partial charge is 0.191 e. The number of nitrogens with one attached hydrogen (secondary N) is 2. The molecule has 0 bridgehead atoms. The molecule has 2 N–H and O–H groups in total. The van der Waals surface area contributed by atoms with Gasteiger partial charge in [-0.15, -0.1) is 24.0 Å². The maximum absolute atomic E-state index is 5.80. The van der Waals surface area contributed by atoms with E-state index in [0.29, 0.717) is 19.8 Å². The molecule has 1 unspecified atom stereocenters. The van der Waals surface area contributed by atoms with Crippen LogP contribution < -0.4 is 20.3 Å². The van der Waals surface area contributed by atoms with Crippen LogP contribution in [0.25, 0.3) is 0 Å². The van der Waals surface area contributed by atoms with Crippen molar-refractivity contribution < 1.29 is 9.47 Å². The number of rotatable bonds is 10. The van der Waals surface area contributed by atoms with Gasteiger partial charge >= 0.3 is 0 Å². The number of nitrogens with zero attached hydrogens (tertiary/aromatic N) is 2. The second-order valence-corrected chi connectivity index (χ2v) is 7.92. The summed E-state index contributed by atoms with van der Waals surface area (Å²) in [5, 5.41) is 6.92. The van der Waals surface area contributed by atoms with Gasteiger partial charge in [-0.05, 0) is 55.2 Å². The van der Waals surface area contributed by atoms with E-state index >= 15 is 0 Å². The summed E-state index contributed by atoms with van der Waals surface area (Å²) in [7, 11) is 3.51. The van der Waals surface area contributed by atoms with Gasteiger partial charge in [0.1, 0.15) is 5.75 Å². The van der Waals surface area contributed by atoms with E-state index in [1.807, 2.05) is 12.1 Å². The summed E-state index contributed by atoms with van der Waals surface area (Å²) in [6, 6.07) is 17.1. The van der Waals surface area contributed by atoms with Crippen LogP contribution in [0.3, 0.4) is 0 Å². The third-order valence-electron chi connectivity index (χ3n) is 5.54. The largest absolute Gasteiger partial charge is 0.493 e. The van der Waals surface area contributed by atoms with Crippen molar-refractivity contribution in [2.75, 3.05) is 45.4 Å². The van der Waals surface area contributed by atoms with Crippen molar-refractivity contribution in [2.45, 2.75) is 38.8 Å². The Morgan fingerprint density at radius 2 is 1.88 bits per heavy atom. The maximum atomic E-state index is 5.80. The third kappa shape index (κ3) is 8.16. The highest BCUT2D eigenvalue weighted by Gasteiger charge is 2.14. The molecule has 2 aromatic rings. The topological polar surface area (TPSA) is 58.1 Å². The van der Waals surface area contributed by atoms with Crippen molar-refractivity contribution in [1.29, 1.82) is 0 Å². The van der Waals surface area contributed by atoms with Crippen LogP contribution in [0.5, 0.6) is 5.75 Å². The fraction of sp³-hybridized carbons (Fsp3) is 0.480. The van der Waals surface area contributed by atoms with Gasteiger partial charge in [-0.1, -0.05) is 24.3 Å². The molecule has 1 aliphatic heterocycles. The minimum atomic E-state index is 0. The summed E-state index contributed by atoms with van der Waals surface area (Å²) in [5.41, 5.74) is 3.73. The normalized spacial score (nSPS) is 14.6. The highest BCUT2D eigenvalue weighted by atomic mass is 127. The SMILES string of the molecule is CN=C(NCc1cccc(OCCCOC)c1)NC(C)c1cccc(N2CCCC2)c1.I. The van der Waals surface area contributed by atoms with E-state index < -0.39 is 0 Å². The Morgan fingerprint density at radius 3 is 2.62 bits per heavy atom. The second kappa shape index (κ2) is 14.2. The quantitative estimate of drug-likeness (QED) is 0.193. The molecule has 0 amide bonds. The molecular formula is C25H37IN4O2. The Kier molecular flexibility index (Phi) is 11.7. The lowest BCUT2D eigenvalue weighted by Gasteiger charge is -2.22. The molecule has 6 nitrogen and oxygen atoms in total. The van der Waals surface area contributed by atoms with Crippen molar-refractivity contribution in [2.24, 2.45) is 4.99 Å². The Bertz CT molecular complexity index is 840. The lowest BCUT2D eigenvalue weighted by Crippen LogP contribution is -2.38. The van der Waals surface area contributed by atoms with Gasteiger partial charge in [-0.2, -0.15) is 0 Å². The molecule has 2 aromatic carbocycles. The summed E-state index contributed by atoms with van der Waals surface area (Å²) in [6.07, 6.45) is 3.45. The number of anilines is 1. The average Bonchev–Trinajstić information content (AvgIpc) is 3.35. The molecule has 176 valence electrons. The number of aliphatic imine (C=N–C) groups is 1. The predicted molar refractivity (Wildman–Crippen MR) is 143 cm³/mol. The number of hydrogen-bond donors (Lipinski definition) is 2. The van der Waals surface area contributed by atoms with Gasteiger partial charge in [-0.3, -0.25) is 4.99 Å². The van der Waals surface area contributed by atoms with Gasteiger partial charge in [0.25, 0.3) is 0 Å². The second-order valence-electron chi connectivity index (χ2n) is 7.92. The fourth-order valence-corrected chi connectivity index (χ4v) is 3.77. The number of hydrogen-bond acceptors (Lipinski definition) is 4. The first-order chi connectivity index (χ1) is 15.2. The van der Waals surface area contributed by atoms with Crippen LogP contribution in [0.15, 0.2) is 53.5 Å². The lowest BCUT2D eigenvalue weighted by atomic mass is 10.1. The first-order valence-corrected chi connectivity index (χ1v) is 11.2. The minimum absolute atomic E-state index is 0. The molecule has 32 heavy (non-hydrogen) atoms. The van der Waals surface area contributed by atoms with Gasteiger partial charge < -0.3 is 25.0 Å². The van der Waals surface area contributed by atoms with Crippen LogP contribution in [0, 0.1) is 0 Å². The van der Waals surface area contributed by atoms with Crippen LogP contribution in [-0.2, 0) is 11.3 Å². The predicted octanol–water partition coefficient (Wildman–Crippen LogP) is 4.75. The molecular weight excluding hydrogens is 515 g/mol. The zero-order chi connectivity index (χ0) is 21.9. The molecule has 0 aliphatic carbocycles. The van der Waals surface area contributed by atoms with E-state index in [9.17, 15) is 0 Å². The van der Waals surface area contributed by atoms with E-state index in [4.69, 9.17) is 9.47 Å². The van der Waals surface area contributed by atoms with E-state index in [0.717, 1.165) is 36.8 Å². The monoisotopic (exact) mass is 552 g/mol. The molecule has 1 saturated heterocycles.